The summed E-state index contributed by atoms with van der Waals surface area (Å²) in [5, 5.41) is 0.974. The highest BCUT2D eigenvalue weighted by Gasteiger charge is 2.40. The molecule has 3 rings (SSSR count). The van der Waals surface area contributed by atoms with Gasteiger partial charge >= 0.3 is 17.9 Å². The van der Waals surface area contributed by atoms with Gasteiger partial charge in [0, 0.05) is 17.0 Å². The van der Waals surface area contributed by atoms with Crippen LogP contribution in [0.5, 0.6) is 0 Å². The zero-order valence-corrected chi connectivity index (χ0v) is 17.4. The fourth-order valence-electron chi connectivity index (χ4n) is 2.83. The molecular formula is C21H18Cl2O7. The summed E-state index contributed by atoms with van der Waals surface area (Å²) in [5.74, 6) is -1.73. The Kier molecular flexibility index (Phi) is 7.31. The molecule has 1 aliphatic heterocycles. The van der Waals surface area contributed by atoms with Crippen molar-refractivity contribution in [2.24, 2.45) is 0 Å². The lowest BCUT2D eigenvalue weighted by Gasteiger charge is -2.18. The Morgan fingerprint density at radius 3 is 1.97 bits per heavy atom. The van der Waals surface area contributed by atoms with Gasteiger partial charge in [-0.2, -0.15) is 0 Å². The molecule has 1 aliphatic rings. The third-order valence-electron chi connectivity index (χ3n) is 4.26. The van der Waals surface area contributed by atoms with Crippen LogP contribution in [0.3, 0.4) is 0 Å². The van der Waals surface area contributed by atoms with Gasteiger partial charge in [0.2, 0.25) is 6.29 Å². The second-order valence-electron chi connectivity index (χ2n) is 6.51. The number of hydrogen-bond donors (Lipinski definition) is 0. The summed E-state index contributed by atoms with van der Waals surface area (Å²) >= 11 is 11.6. The number of ether oxygens (including phenoxy) is 4. The van der Waals surface area contributed by atoms with Crippen molar-refractivity contribution >= 4 is 41.1 Å². The summed E-state index contributed by atoms with van der Waals surface area (Å²) in [6.07, 6.45) is -2.38. The van der Waals surface area contributed by atoms with E-state index in [0.717, 1.165) is 0 Å². The largest absolute Gasteiger partial charge is 0.459 e. The third kappa shape index (κ3) is 5.95. The Balaban J connectivity index is 1.65. The third-order valence-corrected chi connectivity index (χ3v) is 4.76. The molecule has 0 bridgehead atoms. The van der Waals surface area contributed by atoms with Crippen LogP contribution in [-0.4, -0.2) is 43.0 Å². The summed E-state index contributed by atoms with van der Waals surface area (Å²) < 4.78 is 21.5. The molecule has 0 unspecified atom stereocenters. The first kappa shape index (κ1) is 22.1. The minimum absolute atomic E-state index is 0.113. The average Bonchev–Trinajstić information content (AvgIpc) is 3.07. The van der Waals surface area contributed by atoms with E-state index in [0.29, 0.717) is 21.2 Å². The maximum atomic E-state index is 12.4. The van der Waals surface area contributed by atoms with Gasteiger partial charge in [-0.15, -0.1) is 0 Å². The van der Waals surface area contributed by atoms with Crippen LogP contribution in [0.2, 0.25) is 10.0 Å². The predicted molar refractivity (Wildman–Crippen MR) is 107 cm³/mol. The fraction of sp³-hybridized carbons (Fsp3) is 0.286. The van der Waals surface area contributed by atoms with E-state index >= 15 is 0 Å². The molecule has 0 saturated carbocycles. The van der Waals surface area contributed by atoms with Crippen LogP contribution in [0.25, 0.3) is 0 Å². The maximum absolute atomic E-state index is 12.4. The highest BCUT2D eigenvalue weighted by atomic mass is 35.5. The van der Waals surface area contributed by atoms with Gasteiger partial charge in [0.05, 0.1) is 17.5 Å². The second kappa shape index (κ2) is 9.93. The van der Waals surface area contributed by atoms with Crippen LogP contribution < -0.4 is 0 Å². The van der Waals surface area contributed by atoms with Gasteiger partial charge in [-0.05, 0) is 48.5 Å². The fourth-order valence-corrected chi connectivity index (χ4v) is 3.08. The molecule has 0 aliphatic carbocycles. The van der Waals surface area contributed by atoms with E-state index in [4.69, 9.17) is 42.1 Å². The first-order valence-corrected chi connectivity index (χ1v) is 9.79. The highest BCUT2D eigenvalue weighted by Crippen LogP contribution is 2.26. The summed E-state index contributed by atoms with van der Waals surface area (Å²) in [5.41, 5.74) is 0.607. The van der Waals surface area contributed by atoms with Crippen molar-refractivity contribution in [1.82, 2.24) is 0 Å². The summed E-state index contributed by atoms with van der Waals surface area (Å²) in [4.78, 5) is 35.9. The molecule has 3 atom stereocenters. The SMILES string of the molecule is CC(=O)O[C@H]1C[C@H](OC(=O)c2ccc(Cl)cc2)[C@@H](COC(=O)c2ccc(Cl)cc2)O1. The van der Waals surface area contributed by atoms with Crippen molar-refractivity contribution in [3.05, 3.63) is 69.7 Å². The molecule has 0 amide bonds. The van der Waals surface area contributed by atoms with Gasteiger partial charge < -0.3 is 18.9 Å². The smallest absolute Gasteiger partial charge is 0.338 e. The molecule has 1 fully saturated rings. The Morgan fingerprint density at radius 2 is 1.43 bits per heavy atom. The van der Waals surface area contributed by atoms with E-state index in [2.05, 4.69) is 0 Å². The van der Waals surface area contributed by atoms with Crippen LogP contribution in [0, 0.1) is 0 Å². The van der Waals surface area contributed by atoms with Crippen LogP contribution in [-0.2, 0) is 23.7 Å². The van der Waals surface area contributed by atoms with Crippen molar-refractivity contribution in [3.63, 3.8) is 0 Å². The summed E-state index contributed by atoms with van der Waals surface area (Å²) in [7, 11) is 0. The van der Waals surface area contributed by atoms with Gasteiger partial charge in [0.15, 0.2) is 0 Å². The van der Waals surface area contributed by atoms with E-state index in [9.17, 15) is 14.4 Å². The summed E-state index contributed by atoms with van der Waals surface area (Å²) in [6, 6.07) is 12.4. The van der Waals surface area contributed by atoms with Crippen molar-refractivity contribution in [2.75, 3.05) is 6.61 Å². The van der Waals surface area contributed by atoms with Gasteiger partial charge in [-0.25, -0.2) is 9.59 Å². The summed E-state index contributed by atoms with van der Waals surface area (Å²) in [6.45, 7) is 1.05. The average molecular weight is 453 g/mol. The molecule has 0 spiro atoms. The van der Waals surface area contributed by atoms with Crippen LogP contribution >= 0.6 is 23.2 Å². The molecule has 1 heterocycles. The Hall–Kier alpha value is -2.61. The monoisotopic (exact) mass is 452 g/mol. The molecular weight excluding hydrogens is 435 g/mol. The molecule has 9 heteroatoms. The Morgan fingerprint density at radius 1 is 0.900 bits per heavy atom. The lowest BCUT2D eigenvalue weighted by molar-refractivity contribution is -0.175. The topological polar surface area (TPSA) is 88.1 Å². The van der Waals surface area contributed by atoms with Crippen molar-refractivity contribution < 1.29 is 33.3 Å². The minimum Gasteiger partial charge on any atom is -0.459 e. The minimum atomic E-state index is -0.912. The predicted octanol–water partition coefficient (Wildman–Crippen LogP) is 4.05. The maximum Gasteiger partial charge on any atom is 0.338 e. The number of hydrogen-bond acceptors (Lipinski definition) is 7. The number of carbonyl (C=O) groups is 3. The lowest BCUT2D eigenvalue weighted by Crippen LogP contribution is -2.32. The second-order valence-corrected chi connectivity index (χ2v) is 7.38. The van der Waals surface area contributed by atoms with E-state index in [1.54, 1.807) is 24.3 Å². The first-order chi connectivity index (χ1) is 14.3. The number of halogens is 2. The van der Waals surface area contributed by atoms with Gasteiger partial charge in [0.1, 0.15) is 18.8 Å². The van der Waals surface area contributed by atoms with Crippen LogP contribution in [0.1, 0.15) is 34.1 Å². The van der Waals surface area contributed by atoms with Gasteiger partial charge in [-0.3, -0.25) is 4.79 Å². The molecule has 2 aromatic carbocycles. The van der Waals surface area contributed by atoms with Crippen molar-refractivity contribution in [1.29, 1.82) is 0 Å². The highest BCUT2D eigenvalue weighted by molar-refractivity contribution is 6.30. The van der Waals surface area contributed by atoms with Crippen molar-refractivity contribution in [2.45, 2.75) is 31.8 Å². The quantitative estimate of drug-likeness (QED) is 0.482. The molecule has 1 saturated heterocycles. The zero-order valence-electron chi connectivity index (χ0n) is 15.9. The molecule has 2 aromatic rings. The zero-order chi connectivity index (χ0) is 21.7. The molecule has 7 nitrogen and oxygen atoms in total. The standard InChI is InChI=1S/C21H18Cl2O7/c1-12(24)28-19-10-17(30-21(26)14-4-8-16(23)9-5-14)18(29-19)11-27-20(25)13-2-6-15(22)7-3-13/h2-9,17-19H,10-11H2,1H3/t17-,18+,19+/m0/s1. The molecule has 0 aromatic heterocycles. The van der Waals surface area contributed by atoms with E-state index in [1.165, 1.54) is 31.2 Å². The number of rotatable bonds is 6. The van der Waals surface area contributed by atoms with E-state index < -0.39 is 36.4 Å². The van der Waals surface area contributed by atoms with E-state index in [-0.39, 0.29) is 13.0 Å². The molecule has 0 N–H and O–H groups in total. The first-order valence-electron chi connectivity index (χ1n) is 9.04. The lowest BCUT2D eigenvalue weighted by atomic mass is 10.1. The number of carbonyl (C=O) groups excluding carboxylic acids is 3. The Bertz CT molecular complexity index is 912. The van der Waals surface area contributed by atoms with Crippen LogP contribution in [0.15, 0.2) is 48.5 Å². The molecule has 30 heavy (non-hydrogen) atoms. The number of benzene rings is 2. The van der Waals surface area contributed by atoms with Crippen molar-refractivity contribution in [3.8, 4) is 0 Å². The number of esters is 3. The van der Waals surface area contributed by atoms with Gasteiger partial charge in [0.25, 0.3) is 0 Å². The van der Waals surface area contributed by atoms with Gasteiger partial charge in [-0.1, -0.05) is 23.2 Å². The normalized spacial score (nSPS) is 20.4. The Labute approximate surface area is 182 Å². The van der Waals surface area contributed by atoms with Crippen LogP contribution in [0.4, 0.5) is 0 Å². The molecule has 0 radical (unpaired) electrons. The van der Waals surface area contributed by atoms with E-state index in [1.807, 2.05) is 0 Å². The molecule has 158 valence electrons.